The average Bonchev–Trinajstić information content (AvgIpc) is 3.93. The number of rotatable bonds is 10. The van der Waals surface area contributed by atoms with Crippen LogP contribution in [0.2, 0.25) is 0 Å². The van der Waals surface area contributed by atoms with Crippen molar-refractivity contribution in [3.8, 4) is 113 Å². The van der Waals surface area contributed by atoms with Crippen molar-refractivity contribution in [3.05, 3.63) is 169 Å². The summed E-state index contributed by atoms with van der Waals surface area (Å²) in [5.41, 5.74) is 7.49. The molecule has 0 aliphatic rings. The predicted molar refractivity (Wildman–Crippen MR) is 230 cm³/mol. The maximum atomic E-state index is 14.0. The minimum Gasteiger partial charge on any atom is -0.504 e. The van der Waals surface area contributed by atoms with Gasteiger partial charge in [0, 0.05) is 22.3 Å². The average molecular weight is 831 g/mol. The van der Waals surface area contributed by atoms with Crippen LogP contribution in [0.1, 0.15) is 0 Å². The fourth-order valence-electron chi connectivity index (χ4n) is 7.53. The Morgan fingerprint density at radius 1 is 0.387 bits per heavy atom. The lowest BCUT2D eigenvalue weighted by Gasteiger charge is -2.15. The molecule has 9 aromatic rings. The number of aromatic nitrogens is 4. The van der Waals surface area contributed by atoms with Gasteiger partial charge in [-0.2, -0.15) is 0 Å². The van der Waals surface area contributed by atoms with E-state index in [9.17, 15) is 27.8 Å². The van der Waals surface area contributed by atoms with E-state index in [1.807, 2.05) is 24.3 Å². The van der Waals surface area contributed by atoms with Crippen molar-refractivity contribution >= 4 is 0 Å². The van der Waals surface area contributed by atoms with Gasteiger partial charge in [0.05, 0.1) is 48.1 Å². The molecule has 306 valence electrons. The normalized spacial score (nSPS) is 11.2. The van der Waals surface area contributed by atoms with Crippen molar-refractivity contribution in [1.29, 1.82) is 0 Å². The van der Waals surface area contributed by atoms with E-state index in [4.69, 9.17) is 19.4 Å². The Morgan fingerprint density at radius 3 is 0.984 bits per heavy atom. The third kappa shape index (κ3) is 7.27. The fraction of sp³-hybridized carbons (Fsp3) is 0.0400. The van der Waals surface area contributed by atoms with Crippen molar-refractivity contribution in [3.63, 3.8) is 0 Å². The van der Waals surface area contributed by atoms with Crippen LogP contribution >= 0.6 is 0 Å². The first-order valence-electron chi connectivity index (χ1n) is 19.3. The lowest BCUT2D eigenvalue weighted by Crippen LogP contribution is -1.94. The van der Waals surface area contributed by atoms with Gasteiger partial charge in [-0.15, -0.1) is 0 Å². The zero-order valence-electron chi connectivity index (χ0n) is 33.0. The summed E-state index contributed by atoms with van der Waals surface area (Å²) in [5, 5.41) is 23.4. The van der Waals surface area contributed by atoms with Crippen molar-refractivity contribution in [1.82, 2.24) is 19.9 Å². The minimum atomic E-state index is -0.422. The molecule has 4 N–H and O–H groups in total. The quantitative estimate of drug-likeness (QED) is 0.102. The molecule has 7 aromatic carbocycles. The number of methoxy groups -OCH3 is 2. The lowest BCUT2D eigenvalue weighted by atomic mass is 9.93. The molecule has 0 aliphatic carbocycles. The van der Waals surface area contributed by atoms with E-state index >= 15 is 0 Å². The number of ether oxygens (including phenoxy) is 2. The number of H-pyrrole nitrogens is 2. The van der Waals surface area contributed by atoms with Crippen molar-refractivity contribution in [2.75, 3.05) is 14.2 Å². The van der Waals surface area contributed by atoms with Crippen LogP contribution in [0.5, 0.6) is 23.0 Å². The highest BCUT2D eigenvalue weighted by atomic mass is 19.1. The van der Waals surface area contributed by atoms with Gasteiger partial charge in [0.25, 0.3) is 0 Å². The summed E-state index contributed by atoms with van der Waals surface area (Å²) in [4.78, 5) is 16.5. The molecule has 8 nitrogen and oxygen atoms in total. The zero-order valence-corrected chi connectivity index (χ0v) is 33.0. The van der Waals surface area contributed by atoms with Crippen LogP contribution < -0.4 is 9.47 Å². The third-order valence-corrected chi connectivity index (χ3v) is 10.6. The third-order valence-electron chi connectivity index (χ3n) is 10.6. The van der Waals surface area contributed by atoms with Gasteiger partial charge >= 0.3 is 0 Å². The Kier molecular flexibility index (Phi) is 10.2. The van der Waals surface area contributed by atoms with Crippen LogP contribution in [-0.4, -0.2) is 44.4 Å². The van der Waals surface area contributed by atoms with Gasteiger partial charge in [-0.05, 0) is 144 Å². The number of aromatic hydroxyl groups is 2. The first kappa shape index (κ1) is 39.3. The Labute approximate surface area is 352 Å². The maximum absolute atomic E-state index is 14.0. The molecule has 0 bridgehead atoms. The summed E-state index contributed by atoms with van der Waals surface area (Å²) >= 11 is 0. The van der Waals surface area contributed by atoms with Gasteiger partial charge in [0.1, 0.15) is 34.9 Å². The highest BCUT2D eigenvalue weighted by molar-refractivity contribution is 5.93. The number of hydrogen-bond acceptors (Lipinski definition) is 6. The molecule has 9 rings (SSSR count). The number of imidazole rings is 2. The molecular weight excluding hydrogens is 797 g/mol. The lowest BCUT2D eigenvalue weighted by molar-refractivity contribution is 0.374. The standard InChI is InChI=1S/C50H34F4N4O4/c1-61-39-25-23-37(41(47(39)59)49-55-43(29-7-15-33(51)16-8-29)44(56-49)30-9-17-34(52)18-10-30)27-3-5-28(6-4-27)38-24-26-40(62-2)48(60)42(38)50-57-45(31-11-19-35(53)20-12-31)46(58-50)32-13-21-36(54)22-14-32/h3-26,59-60H,1-2H3,(H,55,56)(H,57,58). The van der Waals surface area contributed by atoms with Gasteiger partial charge < -0.3 is 29.7 Å². The first-order valence-corrected chi connectivity index (χ1v) is 19.3. The predicted octanol–water partition coefficient (Wildman–Crippen LogP) is 12.5. The van der Waals surface area contributed by atoms with Gasteiger partial charge in [0.2, 0.25) is 0 Å². The van der Waals surface area contributed by atoms with E-state index < -0.39 is 23.3 Å². The van der Waals surface area contributed by atoms with Gasteiger partial charge in [-0.3, -0.25) is 0 Å². The zero-order chi connectivity index (χ0) is 43.1. The van der Waals surface area contributed by atoms with E-state index in [1.54, 1.807) is 72.8 Å². The number of phenols is 2. The Bertz CT molecular complexity index is 2740. The monoisotopic (exact) mass is 830 g/mol. The van der Waals surface area contributed by atoms with Crippen molar-refractivity contribution in [2.24, 2.45) is 0 Å². The molecule has 2 heterocycles. The summed E-state index contributed by atoms with van der Waals surface area (Å²) in [5.74, 6) is -1.12. The summed E-state index contributed by atoms with van der Waals surface area (Å²) in [6.07, 6.45) is 0. The van der Waals surface area contributed by atoms with Crippen LogP contribution in [0.15, 0.2) is 146 Å². The second-order valence-electron chi connectivity index (χ2n) is 14.3. The number of hydrogen-bond donors (Lipinski definition) is 4. The van der Waals surface area contributed by atoms with Crippen LogP contribution in [0.4, 0.5) is 17.6 Å². The van der Waals surface area contributed by atoms with Crippen LogP contribution in [0.3, 0.4) is 0 Å². The molecule has 0 atom stereocenters. The summed E-state index contributed by atoms with van der Waals surface area (Å²) in [7, 11) is 2.88. The number of halogens is 4. The minimum absolute atomic E-state index is 0.187. The van der Waals surface area contributed by atoms with Gasteiger partial charge in [-0.1, -0.05) is 24.3 Å². The molecule has 0 amide bonds. The number of phenolic OH excluding ortho intramolecular Hbond substituents is 2. The number of aromatic amines is 2. The summed E-state index contributed by atoms with van der Waals surface area (Å²) in [6, 6.07) is 37.7. The van der Waals surface area contributed by atoms with Crippen LogP contribution in [0, 0.1) is 23.3 Å². The highest BCUT2D eigenvalue weighted by Gasteiger charge is 2.25. The number of benzene rings is 7. The molecule has 0 fully saturated rings. The topological polar surface area (TPSA) is 116 Å². The second kappa shape index (κ2) is 16.1. The van der Waals surface area contributed by atoms with E-state index in [1.165, 1.54) is 62.8 Å². The van der Waals surface area contributed by atoms with E-state index in [2.05, 4.69) is 9.97 Å². The fourth-order valence-corrected chi connectivity index (χ4v) is 7.53. The molecule has 62 heavy (non-hydrogen) atoms. The van der Waals surface area contributed by atoms with E-state index in [0.717, 1.165) is 0 Å². The Morgan fingerprint density at radius 2 is 0.677 bits per heavy atom. The smallest absolute Gasteiger partial charge is 0.169 e. The Hall–Kier alpha value is -8.12. The number of nitrogens with one attached hydrogen (secondary N) is 2. The van der Waals surface area contributed by atoms with Crippen molar-refractivity contribution < 1.29 is 37.2 Å². The number of nitrogens with zero attached hydrogens (tertiary/aromatic N) is 2. The van der Waals surface area contributed by atoms with Gasteiger partial charge in [-0.25, -0.2) is 27.5 Å². The summed E-state index contributed by atoms with van der Waals surface area (Å²) < 4.78 is 67.1. The molecule has 0 radical (unpaired) electrons. The van der Waals surface area contributed by atoms with Gasteiger partial charge in [0.15, 0.2) is 23.0 Å². The van der Waals surface area contributed by atoms with E-state index in [-0.39, 0.29) is 34.6 Å². The Balaban J connectivity index is 1.17. The SMILES string of the molecule is COc1ccc(-c2ccc(-c3ccc(OC)c(O)c3-c3nc(-c4ccc(F)cc4)c(-c4ccc(F)cc4)[nH]3)cc2)c(-c2nc(-c3ccc(F)cc3)c(-c3ccc(F)cc3)[nH]2)c1O. The highest BCUT2D eigenvalue weighted by Crippen LogP contribution is 2.48. The molecule has 0 saturated carbocycles. The first-order chi connectivity index (χ1) is 30.1. The second-order valence-corrected chi connectivity index (χ2v) is 14.3. The van der Waals surface area contributed by atoms with E-state index in [0.29, 0.717) is 78.4 Å². The summed E-state index contributed by atoms with van der Waals surface area (Å²) in [6.45, 7) is 0. The molecule has 0 saturated heterocycles. The molecule has 0 aliphatic heterocycles. The maximum Gasteiger partial charge on any atom is 0.169 e. The molecule has 0 unspecified atom stereocenters. The molecule has 12 heteroatoms. The van der Waals surface area contributed by atoms with Crippen LogP contribution in [0.25, 0.3) is 90.1 Å². The molecule has 2 aromatic heterocycles. The van der Waals surface area contributed by atoms with Crippen LogP contribution in [-0.2, 0) is 0 Å². The molecule has 0 spiro atoms. The van der Waals surface area contributed by atoms with Crippen molar-refractivity contribution in [2.45, 2.75) is 0 Å². The largest absolute Gasteiger partial charge is 0.504 e. The molecular formula is C50H34F4N4O4.